The molecule has 0 saturated heterocycles. The van der Waals surface area contributed by atoms with Crippen LogP contribution in [0, 0.1) is 5.92 Å². The molecule has 1 heterocycles. The van der Waals surface area contributed by atoms with Crippen molar-refractivity contribution in [2.45, 2.75) is 57.4 Å². The minimum Gasteiger partial charge on any atom is -0.493 e. The monoisotopic (exact) mass is 293 g/mol. The number of hydrogen-bond acceptors (Lipinski definition) is 2. The van der Waals surface area contributed by atoms with Gasteiger partial charge in [0.15, 0.2) is 0 Å². The fourth-order valence-corrected chi connectivity index (χ4v) is 3.90. The smallest absolute Gasteiger partial charge is 0.127 e. The second kappa shape index (κ2) is 6.36. The zero-order chi connectivity index (χ0) is 13.9. The van der Waals surface area contributed by atoms with Crippen LogP contribution in [-0.2, 0) is 6.42 Å². The third-order valence-corrected chi connectivity index (χ3v) is 5.01. The lowest BCUT2D eigenvalue weighted by molar-refractivity contribution is 0.311. The summed E-state index contributed by atoms with van der Waals surface area (Å²) in [5.74, 6) is 1.59. The van der Waals surface area contributed by atoms with Crippen LogP contribution in [0.3, 0.4) is 0 Å². The molecule has 1 aliphatic carbocycles. The molecule has 1 aromatic carbocycles. The second-order valence-corrected chi connectivity index (χ2v) is 6.65. The first kappa shape index (κ1) is 14.2. The van der Waals surface area contributed by atoms with E-state index >= 15 is 0 Å². The van der Waals surface area contributed by atoms with E-state index in [1.807, 2.05) is 12.1 Å². The van der Waals surface area contributed by atoms with Gasteiger partial charge in [0.05, 0.1) is 6.61 Å². The van der Waals surface area contributed by atoms with Crippen LogP contribution in [0.2, 0.25) is 5.02 Å². The van der Waals surface area contributed by atoms with Crippen molar-refractivity contribution in [3.63, 3.8) is 0 Å². The van der Waals surface area contributed by atoms with E-state index in [1.165, 1.54) is 50.5 Å². The van der Waals surface area contributed by atoms with Crippen LogP contribution in [0.25, 0.3) is 0 Å². The Morgan fingerprint density at radius 1 is 1.10 bits per heavy atom. The minimum absolute atomic E-state index is 0.0682. The fourth-order valence-electron chi connectivity index (χ4n) is 3.65. The van der Waals surface area contributed by atoms with E-state index < -0.39 is 0 Å². The lowest BCUT2D eigenvalue weighted by atomic mass is 9.82. The van der Waals surface area contributed by atoms with Crippen molar-refractivity contribution in [1.82, 2.24) is 0 Å². The summed E-state index contributed by atoms with van der Waals surface area (Å²) in [6, 6.07) is 4.12. The summed E-state index contributed by atoms with van der Waals surface area (Å²) in [4.78, 5) is 0. The van der Waals surface area contributed by atoms with Gasteiger partial charge < -0.3 is 10.5 Å². The van der Waals surface area contributed by atoms with E-state index in [2.05, 4.69) is 0 Å². The Bertz CT molecular complexity index is 466. The third-order valence-electron chi connectivity index (χ3n) is 4.79. The van der Waals surface area contributed by atoms with Gasteiger partial charge in [0.2, 0.25) is 0 Å². The maximum atomic E-state index is 6.59. The molecule has 0 spiro atoms. The molecular formula is C17H24ClNO. The predicted octanol–water partition coefficient (Wildman–Crippen LogP) is 4.64. The van der Waals surface area contributed by atoms with Gasteiger partial charge in [-0.25, -0.2) is 0 Å². The Morgan fingerprint density at radius 3 is 2.55 bits per heavy atom. The first-order chi connectivity index (χ1) is 9.75. The number of rotatable bonds is 2. The Morgan fingerprint density at radius 2 is 1.80 bits per heavy atom. The van der Waals surface area contributed by atoms with Crippen molar-refractivity contribution >= 4 is 11.6 Å². The summed E-state index contributed by atoms with van der Waals surface area (Å²) < 4.78 is 5.81. The standard InChI is InChI=1S/C17H24ClNO/c18-14-10-13-8-9-20-17(13)15(11-14)16(19)12-6-4-2-1-3-5-7-12/h10-12,16H,1-9,19H2. The lowest BCUT2D eigenvalue weighted by Gasteiger charge is -2.27. The Balaban J connectivity index is 1.84. The number of hydrogen-bond donors (Lipinski definition) is 1. The Kier molecular flexibility index (Phi) is 4.52. The van der Waals surface area contributed by atoms with E-state index in [0.717, 1.165) is 29.4 Å². The van der Waals surface area contributed by atoms with E-state index in [1.54, 1.807) is 0 Å². The van der Waals surface area contributed by atoms with Gasteiger partial charge in [-0.15, -0.1) is 0 Å². The summed E-state index contributed by atoms with van der Waals surface area (Å²) in [7, 11) is 0. The maximum Gasteiger partial charge on any atom is 0.127 e. The molecule has 0 amide bonds. The molecule has 2 nitrogen and oxygen atoms in total. The van der Waals surface area contributed by atoms with Crippen molar-refractivity contribution in [3.8, 4) is 5.75 Å². The quantitative estimate of drug-likeness (QED) is 0.862. The second-order valence-electron chi connectivity index (χ2n) is 6.21. The lowest BCUT2D eigenvalue weighted by Crippen LogP contribution is -2.23. The summed E-state index contributed by atoms with van der Waals surface area (Å²) in [6.07, 6.45) is 10.1. The van der Waals surface area contributed by atoms with E-state index in [9.17, 15) is 0 Å². The predicted molar refractivity (Wildman–Crippen MR) is 83.4 cm³/mol. The number of halogens is 1. The highest BCUT2D eigenvalue weighted by molar-refractivity contribution is 6.30. The van der Waals surface area contributed by atoms with Crippen molar-refractivity contribution in [1.29, 1.82) is 0 Å². The number of benzene rings is 1. The molecule has 0 aromatic heterocycles. The SMILES string of the molecule is NC(c1cc(Cl)cc2c1OCC2)C1CCCCCCC1. The van der Waals surface area contributed by atoms with Gasteiger partial charge in [-0.3, -0.25) is 0 Å². The average molecular weight is 294 g/mol. The van der Waals surface area contributed by atoms with Crippen LogP contribution in [0.4, 0.5) is 0 Å². The summed E-state index contributed by atoms with van der Waals surface area (Å²) >= 11 is 6.26. The van der Waals surface area contributed by atoms with Gasteiger partial charge in [0.25, 0.3) is 0 Å². The van der Waals surface area contributed by atoms with Crippen LogP contribution in [-0.4, -0.2) is 6.61 Å². The van der Waals surface area contributed by atoms with E-state index in [-0.39, 0.29) is 6.04 Å². The number of fused-ring (bicyclic) bond motifs is 1. The zero-order valence-corrected chi connectivity index (χ0v) is 12.8. The van der Waals surface area contributed by atoms with Gasteiger partial charge in [-0.2, -0.15) is 0 Å². The van der Waals surface area contributed by atoms with Crippen LogP contribution < -0.4 is 10.5 Å². The molecular weight excluding hydrogens is 270 g/mol. The van der Waals surface area contributed by atoms with Crippen molar-refractivity contribution < 1.29 is 4.74 Å². The number of ether oxygens (including phenoxy) is 1. The first-order valence-electron chi connectivity index (χ1n) is 7.96. The average Bonchev–Trinajstić information content (AvgIpc) is 2.84. The molecule has 2 aliphatic rings. The molecule has 1 aliphatic heterocycles. The molecule has 1 unspecified atom stereocenters. The largest absolute Gasteiger partial charge is 0.493 e. The van der Waals surface area contributed by atoms with E-state index in [0.29, 0.717) is 5.92 Å². The molecule has 1 fully saturated rings. The van der Waals surface area contributed by atoms with Crippen LogP contribution in [0.1, 0.15) is 62.1 Å². The molecule has 2 N–H and O–H groups in total. The molecule has 1 aromatic rings. The molecule has 1 saturated carbocycles. The molecule has 110 valence electrons. The number of nitrogens with two attached hydrogens (primary N) is 1. The molecule has 0 radical (unpaired) electrons. The first-order valence-corrected chi connectivity index (χ1v) is 8.34. The molecule has 20 heavy (non-hydrogen) atoms. The highest BCUT2D eigenvalue weighted by Crippen LogP contribution is 2.40. The molecule has 0 bridgehead atoms. The zero-order valence-electron chi connectivity index (χ0n) is 12.0. The summed E-state index contributed by atoms with van der Waals surface area (Å²) in [5.41, 5.74) is 8.96. The maximum absolute atomic E-state index is 6.59. The summed E-state index contributed by atoms with van der Waals surface area (Å²) in [5, 5.41) is 0.797. The molecule has 1 atom stereocenters. The van der Waals surface area contributed by atoms with Crippen LogP contribution in [0.15, 0.2) is 12.1 Å². The normalized spacial score (nSPS) is 21.7. The van der Waals surface area contributed by atoms with Crippen molar-refractivity contribution in [3.05, 3.63) is 28.3 Å². The van der Waals surface area contributed by atoms with Crippen LogP contribution >= 0.6 is 11.6 Å². The van der Waals surface area contributed by atoms with Crippen molar-refractivity contribution in [2.24, 2.45) is 11.7 Å². The Hall–Kier alpha value is -0.730. The Labute approximate surface area is 126 Å². The fraction of sp³-hybridized carbons (Fsp3) is 0.647. The van der Waals surface area contributed by atoms with Gasteiger partial charge in [-0.05, 0) is 36.5 Å². The molecule has 3 heteroatoms. The molecule has 3 rings (SSSR count). The van der Waals surface area contributed by atoms with Gasteiger partial charge in [-0.1, -0.05) is 43.7 Å². The minimum atomic E-state index is 0.0682. The summed E-state index contributed by atoms with van der Waals surface area (Å²) in [6.45, 7) is 0.764. The highest BCUT2D eigenvalue weighted by atomic mass is 35.5. The van der Waals surface area contributed by atoms with Gasteiger partial charge in [0, 0.05) is 23.0 Å². The highest BCUT2D eigenvalue weighted by Gasteiger charge is 2.26. The third kappa shape index (κ3) is 2.96. The topological polar surface area (TPSA) is 35.2 Å². The van der Waals surface area contributed by atoms with Crippen molar-refractivity contribution in [2.75, 3.05) is 6.61 Å². The van der Waals surface area contributed by atoms with Gasteiger partial charge >= 0.3 is 0 Å². The van der Waals surface area contributed by atoms with E-state index in [4.69, 9.17) is 22.1 Å². The van der Waals surface area contributed by atoms with Crippen LogP contribution in [0.5, 0.6) is 5.75 Å². The van der Waals surface area contributed by atoms with Gasteiger partial charge in [0.1, 0.15) is 5.75 Å².